The lowest BCUT2D eigenvalue weighted by Crippen LogP contribution is -2.35. The van der Waals surface area contributed by atoms with Crippen molar-refractivity contribution in [3.63, 3.8) is 0 Å². The van der Waals surface area contributed by atoms with Crippen LogP contribution in [0.25, 0.3) is 0 Å². The Labute approximate surface area is 158 Å². The van der Waals surface area contributed by atoms with Crippen molar-refractivity contribution >= 4 is 34.7 Å². The summed E-state index contributed by atoms with van der Waals surface area (Å²) in [4.78, 5) is 25.9. The number of nitrogens with two attached hydrogens (primary N) is 1. The van der Waals surface area contributed by atoms with Crippen molar-refractivity contribution < 1.29 is 9.59 Å². The number of carbonyl (C=O) groups is 2. The number of amides is 2. The number of carbonyl (C=O) groups excluding carboxylic acids is 2. The molecule has 2 aromatic carbocycles. The third-order valence-corrected chi connectivity index (χ3v) is 4.41. The molecule has 0 radical (unpaired) electrons. The molecular formula is C20H23N5O2. The smallest absolute Gasteiger partial charge is 0.243 e. The maximum Gasteiger partial charge on any atom is 0.243 e. The van der Waals surface area contributed by atoms with Gasteiger partial charge < -0.3 is 21.3 Å². The molecule has 2 aromatic rings. The number of nitrogen functional groups attached to an aromatic ring is 1. The average molecular weight is 365 g/mol. The zero-order valence-corrected chi connectivity index (χ0v) is 15.0. The first-order chi connectivity index (χ1) is 13.0. The Hall–Kier alpha value is -3.35. The predicted molar refractivity (Wildman–Crippen MR) is 107 cm³/mol. The van der Waals surface area contributed by atoms with E-state index >= 15 is 0 Å². The summed E-state index contributed by atoms with van der Waals surface area (Å²) in [5.74, 6) is -0.0598. The van der Waals surface area contributed by atoms with Crippen LogP contribution in [0.4, 0.5) is 17.1 Å². The molecular weight excluding hydrogens is 342 g/mol. The number of nitrogens with one attached hydrogen (secondary N) is 3. The maximum absolute atomic E-state index is 12.1. The maximum atomic E-state index is 12.1. The van der Waals surface area contributed by atoms with Crippen LogP contribution in [0.5, 0.6) is 0 Å². The molecule has 1 fully saturated rings. The van der Waals surface area contributed by atoms with Crippen LogP contribution in [0.3, 0.4) is 0 Å². The second-order valence-corrected chi connectivity index (χ2v) is 6.45. The molecule has 1 saturated heterocycles. The average Bonchev–Trinajstić information content (AvgIpc) is 2.68. The summed E-state index contributed by atoms with van der Waals surface area (Å²) in [5, 5.41) is 13.3. The molecule has 0 atom stereocenters. The van der Waals surface area contributed by atoms with E-state index in [0.29, 0.717) is 17.7 Å². The molecule has 0 aromatic heterocycles. The third-order valence-electron chi connectivity index (χ3n) is 4.41. The summed E-state index contributed by atoms with van der Waals surface area (Å²) in [6.07, 6.45) is 2.56. The highest BCUT2D eigenvalue weighted by Gasteiger charge is 2.19. The predicted octanol–water partition coefficient (Wildman–Crippen LogP) is 2.54. The molecule has 1 aliphatic heterocycles. The highest BCUT2D eigenvalue weighted by Crippen LogP contribution is 2.22. The summed E-state index contributed by atoms with van der Waals surface area (Å²) < 4.78 is 0. The van der Waals surface area contributed by atoms with E-state index in [1.165, 1.54) is 0 Å². The van der Waals surface area contributed by atoms with Gasteiger partial charge in [-0.1, -0.05) is 12.1 Å². The fraction of sp³-hybridized carbons (Fsp3) is 0.250. The van der Waals surface area contributed by atoms with Gasteiger partial charge in [0.05, 0.1) is 6.54 Å². The number of benzene rings is 2. The van der Waals surface area contributed by atoms with Gasteiger partial charge in [-0.2, -0.15) is 0 Å². The SMILES string of the molecule is N=C(N)c1cccc(NCC(=O)Nc2ccc(N3CCCCC3=O)cc2)c1. The summed E-state index contributed by atoms with van der Waals surface area (Å²) in [5.41, 5.74) is 8.32. The fourth-order valence-corrected chi connectivity index (χ4v) is 2.99. The van der Waals surface area contributed by atoms with Crippen molar-refractivity contribution in [2.24, 2.45) is 5.73 Å². The van der Waals surface area contributed by atoms with Crippen LogP contribution in [-0.2, 0) is 9.59 Å². The van der Waals surface area contributed by atoms with Crippen LogP contribution >= 0.6 is 0 Å². The zero-order chi connectivity index (χ0) is 19.2. The molecule has 3 rings (SSSR count). The molecule has 1 heterocycles. The molecule has 0 bridgehead atoms. The van der Waals surface area contributed by atoms with Gasteiger partial charge in [0.25, 0.3) is 0 Å². The summed E-state index contributed by atoms with van der Waals surface area (Å²) in [7, 11) is 0. The van der Waals surface area contributed by atoms with Crippen LogP contribution < -0.4 is 21.3 Å². The second kappa shape index (κ2) is 8.35. The van der Waals surface area contributed by atoms with Gasteiger partial charge in [-0.3, -0.25) is 15.0 Å². The van der Waals surface area contributed by atoms with Crippen LogP contribution in [0, 0.1) is 5.41 Å². The van der Waals surface area contributed by atoms with E-state index in [1.54, 1.807) is 35.2 Å². The number of rotatable bonds is 6. The number of amidine groups is 1. The molecule has 0 aliphatic carbocycles. The van der Waals surface area contributed by atoms with E-state index in [-0.39, 0.29) is 24.2 Å². The van der Waals surface area contributed by atoms with Crippen molar-refractivity contribution in [2.75, 3.05) is 28.6 Å². The molecule has 7 heteroatoms. The van der Waals surface area contributed by atoms with Gasteiger partial charge in [-0.25, -0.2) is 0 Å². The van der Waals surface area contributed by atoms with Gasteiger partial charge in [0.1, 0.15) is 5.84 Å². The largest absolute Gasteiger partial charge is 0.384 e. The number of nitrogens with zero attached hydrogens (tertiary/aromatic N) is 1. The molecule has 140 valence electrons. The van der Waals surface area contributed by atoms with Crippen molar-refractivity contribution in [3.05, 3.63) is 54.1 Å². The Morgan fingerprint density at radius 2 is 1.89 bits per heavy atom. The minimum absolute atomic E-state index is 0.0182. The molecule has 27 heavy (non-hydrogen) atoms. The first kappa shape index (κ1) is 18.4. The number of hydrogen-bond donors (Lipinski definition) is 4. The first-order valence-electron chi connectivity index (χ1n) is 8.91. The highest BCUT2D eigenvalue weighted by molar-refractivity contribution is 5.97. The van der Waals surface area contributed by atoms with Crippen LogP contribution in [-0.4, -0.2) is 30.7 Å². The van der Waals surface area contributed by atoms with E-state index in [4.69, 9.17) is 11.1 Å². The van der Waals surface area contributed by atoms with Gasteiger partial charge in [0, 0.05) is 35.6 Å². The van der Waals surface area contributed by atoms with Crippen molar-refractivity contribution in [1.29, 1.82) is 5.41 Å². The second-order valence-electron chi connectivity index (χ2n) is 6.45. The van der Waals surface area contributed by atoms with E-state index in [1.807, 2.05) is 18.2 Å². The lowest BCUT2D eigenvalue weighted by molar-refractivity contribution is -0.119. The minimum atomic E-state index is -0.190. The molecule has 0 spiro atoms. The van der Waals surface area contributed by atoms with Gasteiger partial charge in [-0.05, 0) is 49.2 Å². The highest BCUT2D eigenvalue weighted by atomic mass is 16.2. The molecule has 2 amide bonds. The zero-order valence-electron chi connectivity index (χ0n) is 15.0. The van der Waals surface area contributed by atoms with Gasteiger partial charge in [0.2, 0.25) is 11.8 Å². The van der Waals surface area contributed by atoms with E-state index < -0.39 is 0 Å². The first-order valence-corrected chi connectivity index (χ1v) is 8.91. The van der Waals surface area contributed by atoms with Gasteiger partial charge in [-0.15, -0.1) is 0 Å². The summed E-state index contributed by atoms with van der Waals surface area (Å²) in [6, 6.07) is 14.3. The number of hydrogen-bond acceptors (Lipinski definition) is 4. The number of anilines is 3. The van der Waals surface area contributed by atoms with Crippen LogP contribution in [0.2, 0.25) is 0 Å². The van der Waals surface area contributed by atoms with Crippen molar-refractivity contribution in [2.45, 2.75) is 19.3 Å². The van der Waals surface area contributed by atoms with E-state index in [2.05, 4.69) is 10.6 Å². The van der Waals surface area contributed by atoms with Crippen molar-refractivity contribution in [1.82, 2.24) is 0 Å². The topological polar surface area (TPSA) is 111 Å². The lowest BCUT2D eigenvalue weighted by atomic mass is 10.1. The van der Waals surface area contributed by atoms with Gasteiger partial charge in [0.15, 0.2) is 0 Å². The molecule has 5 N–H and O–H groups in total. The monoisotopic (exact) mass is 365 g/mol. The standard InChI is InChI=1S/C20H23N5O2/c21-20(22)14-4-3-5-16(12-14)23-13-18(26)24-15-7-9-17(10-8-15)25-11-2-1-6-19(25)27/h3-5,7-10,12,23H,1-2,6,11,13H2,(H3,21,22)(H,24,26). The summed E-state index contributed by atoms with van der Waals surface area (Å²) >= 11 is 0. The Bertz CT molecular complexity index is 848. The molecule has 0 saturated carbocycles. The third kappa shape index (κ3) is 4.84. The summed E-state index contributed by atoms with van der Waals surface area (Å²) in [6.45, 7) is 0.835. The van der Waals surface area contributed by atoms with Crippen LogP contribution in [0.15, 0.2) is 48.5 Å². The quantitative estimate of drug-likeness (QED) is 0.465. The Morgan fingerprint density at radius 1 is 1.11 bits per heavy atom. The normalized spacial score (nSPS) is 13.9. The Balaban J connectivity index is 1.54. The van der Waals surface area contributed by atoms with Gasteiger partial charge >= 0.3 is 0 Å². The van der Waals surface area contributed by atoms with Crippen LogP contribution in [0.1, 0.15) is 24.8 Å². The molecule has 0 unspecified atom stereocenters. The number of piperidine rings is 1. The molecule has 7 nitrogen and oxygen atoms in total. The van der Waals surface area contributed by atoms with E-state index in [0.717, 1.165) is 30.8 Å². The molecule has 1 aliphatic rings. The minimum Gasteiger partial charge on any atom is -0.384 e. The van der Waals surface area contributed by atoms with E-state index in [9.17, 15) is 9.59 Å². The lowest BCUT2D eigenvalue weighted by Gasteiger charge is -2.26. The fourth-order valence-electron chi connectivity index (χ4n) is 2.99. The van der Waals surface area contributed by atoms with Crippen molar-refractivity contribution in [3.8, 4) is 0 Å². The Morgan fingerprint density at radius 3 is 2.59 bits per heavy atom. The Kier molecular flexibility index (Phi) is 5.71.